The highest BCUT2D eigenvalue weighted by Gasteiger charge is 2.10. The van der Waals surface area contributed by atoms with E-state index in [-0.39, 0.29) is 0 Å². The number of hydrogen-bond acceptors (Lipinski definition) is 2. The van der Waals surface area contributed by atoms with E-state index in [9.17, 15) is 0 Å². The van der Waals surface area contributed by atoms with Crippen LogP contribution in [0.3, 0.4) is 0 Å². The molecule has 0 saturated carbocycles. The van der Waals surface area contributed by atoms with Crippen LogP contribution >= 0.6 is 47.0 Å². The number of anilines is 1. The van der Waals surface area contributed by atoms with Gasteiger partial charge in [-0.3, -0.25) is 4.68 Å². The zero-order valence-corrected chi connectivity index (χ0v) is 15.8. The molecule has 8 heteroatoms. The van der Waals surface area contributed by atoms with E-state index in [4.69, 9.17) is 47.0 Å². The molecule has 0 unspecified atom stereocenters. The molecule has 23 heavy (non-hydrogen) atoms. The topological polar surface area (TPSA) is 41.9 Å². The summed E-state index contributed by atoms with van der Waals surface area (Å²) in [5.74, 6) is 1.02. The summed E-state index contributed by atoms with van der Waals surface area (Å²) in [5, 5.41) is 12.5. The maximum Gasteiger partial charge on any atom is 0.173 e. The number of hydrogen-bond donors (Lipinski definition) is 2. The van der Waals surface area contributed by atoms with Gasteiger partial charge in [0, 0.05) is 12.7 Å². The average Bonchev–Trinajstić information content (AvgIpc) is 2.80. The number of aromatic nitrogens is 2. The standard InChI is InChI=1S/C15H17Cl3N4S/c1-9(2)6-19-15(23)20-14-13(18)8-22(21-14)7-10-3-4-11(16)12(17)5-10/h3-5,8-9H,6-7H2,1-2H3,(H2,19,20,21,23). The van der Waals surface area contributed by atoms with Gasteiger partial charge in [-0.15, -0.1) is 0 Å². The first-order chi connectivity index (χ1) is 10.8. The normalized spacial score (nSPS) is 10.9. The van der Waals surface area contributed by atoms with Gasteiger partial charge in [-0.2, -0.15) is 5.10 Å². The van der Waals surface area contributed by atoms with Gasteiger partial charge in [0.05, 0.1) is 16.6 Å². The van der Waals surface area contributed by atoms with Crippen LogP contribution in [-0.4, -0.2) is 21.4 Å². The van der Waals surface area contributed by atoms with Crippen molar-refractivity contribution in [1.82, 2.24) is 15.1 Å². The zero-order chi connectivity index (χ0) is 17.0. The second kappa shape index (κ2) is 8.20. The molecule has 4 nitrogen and oxygen atoms in total. The largest absolute Gasteiger partial charge is 0.362 e. The molecule has 2 rings (SSSR count). The number of nitrogens with zero attached hydrogens (tertiary/aromatic N) is 2. The van der Waals surface area contributed by atoms with Crippen molar-refractivity contribution < 1.29 is 0 Å². The molecule has 2 N–H and O–H groups in total. The Morgan fingerprint density at radius 3 is 2.61 bits per heavy atom. The SMILES string of the molecule is CC(C)CNC(=S)Nc1nn(Cc2ccc(Cl)c(Cl)c2)cc1Cl. The van der Waals surface area contributed by atoms with E-state index in [1.54, 1.807) is 23.0 Å². The Morgan fingerprint density at radius 2 is 1.96 bits per heavy atom. The lowest BCUT2D eigenvalue weighted by Gasteiger charge is -2.10. The summed E-state index contributed by atoms with van der Waals surface area (Å²) in [4.78, 5) is 0. The number of thiocarbonyl (C=S) groups is 1. The molecule has 0 saturated heterocycles. The number of rotatable bonds is 5. The summed E-state index contributed by atoms with van der Waals surface area (Å²) in [7, 11) is 0. The molecule has 0 aliphatic carbocycles. The maximum atomic E-state index is 6.19. The zero-order valence-electron chi connectivity index (χ0n) is 12.7. The second-order valence-electron chi connectivity index (χ2n) is 5.50. The predicted molar refractivity (Wildman–Crippen MR) is 102 cm³/mol. The molecular weight excluding hydrogens is 375 g/mol. The number of halogens is 3. The van der Waals surface area contributed by atoms with Gasteiger partial charge in [0.25, 0.3) is 0 Å². The Labute approximate surface area is 156 Å². The molecule has 1 aromatic carbocycles. The van der Waals surface area contributed by atoms with E-state index in [2.05, 4.69) is 29.6 Å². The number of benzene rings is 1. The molecule has 0 amide bonds. The fourth-order valence-electron chi connectivity index (χ4n) is 1.84. The van der Waals surface area contributed by atoms with Crippen molar-refractivity contribution in [3.63, 3.8) is 0 Å². The van der Waals surface area contributed by atoms with E-state index in [0.717, 1.165) is 12.1 Å². The first kappa shape index (κ1) is 18.3. The lowest BCUT2D eigenvalue weighted by atomic mass is 10.2. The fourth-order valence-corrected chi connectivity index (χ4v) is 2.53. The summed E-state index contributed by atoms with van der Waals surface area (Å²) in [6, 6.07) is 5.46. The molecule has 0 spiro atoms. The summed E-state index contributed by atoms with van der Waals surface area (Å²) < 4.78 is 1.72. The van der Waals surface area contributed by atoms with E-state index in [1.807, 2.05) is 6.07 Å². The van der Waals surface area contributed by atoms with Crippen LogP contribution in [-0.2, 0) is 6.54 Å². The minimum Gasteiger partial charge on any atom is -0.362 e. The molecule has 0 atom stereocenters. The van der Waals surface area contributed by atoms with E-state index >= 15 is 0 Å². The monoisotopic (exact) mass is 390 g/mol. The maximum absolute atomic E-state index is 6.19. The Hall–Kier alpha value is -1.01. The van der Waals surface area contributed by atoms with Gasteiger partial charge in [-0.25, -0.2) is 0 Å². The Kier molecular flexibility index (Phi) is 6.53. The lowest BCUT2D eigenvalue weighted by molar-refractivity contribution is 0.627. The quantitative estimate of drug-likeness (QED) is 0.716. The van der Waals surface area contributed by atoms with Crippen LogP contribution in [0.4, 0.5) is 5.82 Å². The highest BCUT2D eigenvalue weighted by molar-refractivity contribution is 7.80. The summed E-state index contributed by atoms with van der Waals surface area (Å²) in [6.07, 6.45) is 1.73. The molecule has 0 aliphatic heterocycles. The number of nitrogens with one attached hydrogen (secondary N) is 2. The first-order valence-corrected chi connectivity index (χ1v) is 8.61. The van der Waals surface area contributed by atoms with Crippen molar-refractivity contribution in [2.75, 3.05) is 11.9 Å². The third kappa shape index (κ3) is 5.53. The van der Waals surface area contributed by atoms with Crippen molar-refractivity contribution in [2.45, 2.75) is 20.4 Å². The van der Waals surface area contributed by atoms with Crippen molar-refractivity contribution in [2.24, 2.45) is 5.92 Å². The van der Waals surface area contributed by atoms with Crippen LogP contribution in [0.25, 0.3) is 0 Å². The highest BCUT2D eigenvalue weighted by atomic mass is 35.5. The van der Waals surface area contributed by atoms with Crippen LogP contribution in [0, 0.1) is 5.92 Å². The van der Waals surface area contributed by atoms with Crippen molar-refractivity contribution >= 4 is 58.0 Å². The van der Waals surface area contributed by atoms with Crippen LogP contribution in [0.5, 0.6) is 0 Å². The summed E-state index contributed by atoms with van der Waals surface area (Å²) >= 11 is 23.4. The van der Waals surface area contributed by atoms with Gasteiger partial charge in [-0.05, 0) is 35.8 Å². The van der Waals surface area contributed by atoms with Crippen molar-refractivity contribution in [3.8, 4) is 0 Å². The van der Waals surface area contributed by atoms with Crippen LogP contribution in [0.2, 0.25) is 15.1 Å². The molecule has 1 heterocycles. The molecule has 2 aromatic rings. The average molecular weight is 392 g/mol. The van der Waals surface area contributed by atoms with E-state index < -0.39 is 0 Å². The van der Waals surface area contributed by atoms with E-state index in [1.165, 1.54) is 0 Å². The third-order valence-corrected chi connectivity index (χ3v) is 4.21. The van der Waals surface area contributed by atoms with Gasteiger partial charge in [0.2, 0.25) is 0 Å². The molecule has 0 radical (unpaired) electrons. The van der Waals surface area contributed by atoms with Gasteiger partial charge in [-0.1, -0.05) is 54.7 Å². The minimum absolute atomic E-state index is 0.498. The fraction of sp³-hybridized carbons (Fsp3) is 0.333. The van der Waals surface area contributed by atoms with Gasteiger partial charge in [0.1, 0.15) is 5.02 Å². The third-order valence-electron chi connectivity index (χ3n) is 2.95. The van der Waals surface area contributed by atoms with Crippen molar-refractivity contribution in [3.05, 3.63) is 45.0 Å². The summed E-state index contributed by atoms with van der Waals surface area (Å²) in [5.41, 5.74) is 0.977. The van der Waals surface area contributed by atoms with Gasteiger partial charge in [0.15, 0.2) is 10.9 Å². The first-order valence-electron chi connectivity index (χ1n) is 7.07. The molecule has 0 fully saturated rings. The molecule has 1 aromatic heterocycles. The molecular formula is C15H17Cl3N4S. The molecule has 0 aliphatic rings. The molecule has 124 valence electrons. The smallest absolute Gasteiger partial charge is 0.173 e. The van der Waals surface area contributed by atoms with Gasteiger partial charge < -0.3 is 10.6 Å². The molecule has 0 bridgehead atoms. The minimum atomic E-state index is 0.498. The van der Waals surface area contributed by atoms with Crippen LogP contribution < -0.4 is 10.6 Å². The van der Waals surface area contributed by atoms with Gasteiger partial charge >= 0.3 is 0 Å². The Balaban J connectivity index is 2.02. The highest BCUT2D eigenvalue weighted by Crippen LogP contribution is 2.24. The predicted octanol–water partition coefficient (Wildman–Crippen LogP) is 4.83. The Bertz CT molecular complexity index is 700. The Morgan fingerprint density at radius 1 is 1.22 bits per heavy atom. The van der Waals surface area contributed by atoms with E-state index in [0.29, 0.717) is 38.5 Å². The summed E-state index contributed by atoms with van der Waals surface area (Å²) in [6.45, 7) is 5.53. The van der Waals surface area contributed by atoms with Crippen molar-refractivity contribution in [1.29, 1.82) is 0 Å². The lowest BCUT2D eigenvalue weighted by Crippen LogP contribution is -2.31. The van der Waals surface area contributed by atoms with Crippen LogP contribution in [0.1, 0.15) is 19.4 Å². The second-order valence-corrected chi connectivity index (χ2v) is 7.13. The van der Waals surface area contributed by atoms with Crippen LogP contribution in [0.15, 0.2) is 24.4 Å².